The highest BCUT2D eigenvalue weighted by atomic mass is 16.4. The van der Waals surface area contributed by atoms with Gasteiger partial charge in [-0.2, -0.15) is 0 Å². The maximum absolute atomic E-state index is 10.8. The number of aliphatic hydroxyl groups excluding tert-OH is 1. The first kappa shape index (κ1) is 10.7. The predicted molar refractivity (Wildman–Crippen MR) is 52.0 cm³/mol. The van der Waals surface area contributed by atoms with Crippen molar-refractivity contribution in [1.82, 2.24) is 0 Å². The number of aromatic carboxylic acids is 1. The smallest absolute Gasteiger partial charge is 0.336 e. The number of hydrogen-bond acceptors (Lipinski definition) is 3. The molecule has 0 fully saturated rings. The Morgan fingerprint density at radius 2 is 2.00 bits per heavy atom. The molecule has 0 spiro atoms. The molecule has 14 heavy (non-hydrogen) atoms. The van der Waals surface area contributed by atoms with Gasteiger partial charge in [-0.15, -0.1) is 0 Å². The Morgan fingerprint density at radius 3 is 2.50 bits per heavy atom. The van der Waals surface area contributed by atoms with Crippen LogP contribution in [-0.4, -0.2) is 22.3 Å². The molecular formula is C10H13NO3. The van der Waals surface area contributed by atoms with Crippen LogP contribution in [0.15, 0.2) is 24.3 Å². The van der Waals surface area contributed by atoms with E-state index in [0.717, 1.165) is 0 Å². The molecule has 0 amide bonds. The van der Waals surface area contributed by atoms with Crippen molar-refractivity contribution >= 4 is 5.97 Å². The summed E-state index contributed by atoms with van der Waals surface area (Å²) in [6, 6.07) is 5.74. The van der Waals surface area contributed by atoms with Crippen molar-refractivity contribution in [1.29, 1.82) is 0 Å². The minimum atomic E-state index is -1.03. The summed E-state index contributed by atoms with van der Waals surface area (Å²) in [5, 5.41) is 18.1. The molecule has 76 valence electrons. The zero-order chi connectivity index (χ0) is 10.7. The lowest BCUT2D eigenvalue weighted by molar-refractivity contribution is 0.0693. The van der Waals surface area contributed by atoms with Crippen LogP contribution in [0.25, 0.3) is 0 Å². The van der Waals surface area contributed by atoms with Gasteiger partial charge >= 0.3 is 5.97 Å². The Balaban J connectivity index is 3.13. The zero-order valence-corrected chi connectivity index (χ0v) is 7.84. The predicted octanol–water partition coefficient (Wildman–Crippen LogP) is 0.765. The molecule has 0 aliphatic carbocycles. The number of benzene rings is 1. The molecule has 0 saturated carbocycles. The molecule has 4 N–H and O–H groups in total. The molecule has 0 saturated heterocycles. The van der Waals surface area contributed by atoms with E-state index >= 15 is 0 Å². The van der Waals surface area contributed by atoms with Crippen molar-refractivity contribution in [2.75, 3.05) is 0 Å². The van der Waals surface area contributed by atoms with Crippen LogP contribution < -0.4 is 5.73 Å². The molecule has 0 radical (unpaired) electrons. The number of rotatable bonds is 3. The minimum Gasteiger partial charge on any atom is -0.478 e. The summed E-state index contributed by atoms with van der Waals surface area (Å²) in [4.78, 5) is 10.8. The van der Waals surface area contributed by atoms with Gasteiger partial charge in [0.1, 0.15) is 0 Å². The monoisotopic (exact) mass is 195 g/mol. The van der Waals surface area contributed by atoms with Crippen molar-refractivity contribution < 1.29 is 15.0 Å². The first-order valence-electron chi connectivity index (χ1n) is 4.30. The summed E-state index contributed by atoms with van der Waals surface area (Å²) in [6.45, 7) is 1.53. The third-order valence-electron chi connectivity index (χ3n) is 2.07. The first-order valence-corrected chi connectivity index (χ1v) is 4.30. The molecule has 1 aromatic carbocycles. The number of carboxylic acids is 1. The van der Waals surface area contributed by atoms with Gasteiger partial charge in [-0.1, -0.05) is 18.2 Å². The van der Waals surface area contributed by atoms with Crippen LogP contribution in [0.5, 0.6) is 0 Å². The van der Waals surface area contributed by atoms with Crippen LogP contribution in [-0.2, 0) is 0 Å². The summed E-state index contributed by atoms with van der Waals surface area (Å²) < 4.78 is 0. The van der Waals surface area contributed by atoms with Crippen LogP contribution >= 0.6 is 0 Å². The Morgan fingerprint density at radius 1 is 1.43 bits per heavy atom. The van der Waals surface area contributed by atoms with E-state index in [1.807, 2.05) is 0 Å². The highest BCUT2D eigenvalue weighted by molar-refractivity contribution is 5.89. The van der Waals surface area contributed by atoms with Gasteiger partial charge in [-0.25, -0.2) is 4.79 Å². The zero-order valence-electron chi connectivity index (χ0n) is 7.84. The van der Waals surface area contributed by atoms with Gasteiger partial charge < -0.3 is 15.9 Å². The highest BCUT2D eigenvalue weighted by Gasteiger charge is 2.18. The molecule has 1 rings (SSSR count). The Labute approximate surface area is 82.0 Å². The summed E-state index contributed by atoms with van der Waals surface area (Å²) in [5.74, 6) is -1.03. The van der Waals surface area contributed by atoms with E-state index in [4.69, 9.17) is 10.8 Å². The van der Waals surface area contributed by atoms with Gasteiger partial charge in [0.25, 0.3) is 0 Å². The fourth-order valence-electron chi connectivity index (χ4n) is 1.24. The molecule has 0 aliphatic rings. The third kappa shape index (κ3) is 2.10. The average molecular weight is 195 g/mol. The van der Waals surface area contributed by atoms with Crippen LogP contribution in [0, 0.1) is 0 Å². The maximum Gasteiger partial charge on any atom is 0.336 e. The SMILES string of the molecule is CC(O)[C@@H](N)c1ccccc1C(=O)O. The van der Waals surface area contributed by atoms with Gasteiger partial charge in [0.2, 0.25) is 0 Å². The number of carboxylic acid groups (broad SMARTS) is 1. The van der Waals surface area contributed by atoms with Crippen molar-refractivity contribution in [2.45, 2.75) is 19.1 Å². The van der Waals surface area contributed by atoms with Gasteiger partial charge in [0, 0.05) is 0 Å². The van der Waals surface area contributed by atoms with Crippen LogP contribution in [0.2, 0.25) is 0 Å². The molecule has 0 aromatic heterocycles. The number of aliphatic hydroxyl groups is 1. The number of carbonyl (C=O) groups is 1. The quantitative estimate of drug-likeness (QED) is 0.665. The maximum atomic E-state index is 10.8. The van der Waals surface area contributed by atoms with Crippen molar-refractivity contribution in [3.8, 4) is 0 Å². The van der Waals surface area contributed by atoms with Gasteiger partial charge in [0.15, 0.2) is 0 Å². The topological polar surface area (TPSA) is 83.5 Å². The van der Waals surface area contributed by atoms with Gasteiger partial charge in [0.05, 0.1) is 17.7 Å². The van der Waals surface area contributed by atoms with Crippen molar-refractivity contribution in [3.63, 3.8) is 0 Å². The highest BCUT2D eigenvalue weighted by Crippen LogP contribution is 2.18. The Kier molecular flexibility index (Phi) is 3.22. The second-order valence-electron chi connectivity index (χ2n) is 3.16. The lowest BCUT2D eigenvalue weighted by Crippen LogP contribution is -2.25. The molecule has 0 bridgehead atoms. The molecule has 1 aromatic rings. The van der Waals surface area contributed by atoms with Crippen LogP contribution in [0.3, 0.4) is 0 Å². The Bertz CT molecular complexity index is 336. The summed E-state index contributed by atoms with van der Waals surface area (Å²) >= 11 is 0. The van der Waals surface area contributed by atoms with Crippen LogP contribution in [0.4, 0.5) is 0 Å². The fourth-order valence-corrected chi connectivity index (χ4v) is 1.24. The molecule has 4 nitrogen and oxygen atoms in total. The first-order chi connectivity index (χ1) is 6.54. The lowest BCUT2D eigenvalue weighted by Gasteiger charge is -2.16. The van der Waals surface area contributed by atoms with E-state index in [1.54, 1.807) is 18.2 Å². The minimum absolute atomic E-state index is 0.140. The van der Waals surface area contributed by atoms with E-state index in [2.05, 4.69) is 0 Å². The number of hydrogen-bond donors (Lipinski definition) is 3. The summed E-state index contributed by atoms with van der Waals surface area (Å²) in [6.07, 6.45) is -0.768. The van der Waals surface area contributed by atoms with Crippen LogP contribution in [0.1, 0.15) is 28.9 Å². The molecule has 0 aliphatic heterocycles. The normalized spacial score (nSPS) is 14.8. The largest absolute Gasteiger partial charge is 0.478 e. The lowest BCUT2D eigenvalue weighted by atomic mass is 9.98. The van der Waals surface area contributed by atoms with E-state index < -0.39 is 18.1 Å². The van der Waals surface area contributed by atoms with E-state index in [1.165, 1.54) is 13.0 Å². The molecule has 1 unspecified atom stereocenters. The van der Waals surface area contributed by atoms with E-state index in [0.29, 0.717) is 5.56 Å². The molecule has 2 atom stereocenters. The molecule has 4 heteroatoms. The second-order valence-corrected chi connectivity index (χ2v) is 3.16. The van der Waals surface area contributed by atoms with Gasteiger partial charge in [-0.3, -0.25) is 0 Å². The third-order valence-corrected chi connectivity index (χ3v) is 2.07. The molecular weight excluding hydrogens is 182 g/mol. The Hall–Kier alpha value is -1.39. The summed E-state index contributed by atoms with van der Waals surface area (Å²) in [7, 11) is 0. The average Bonchev–Trinajstić information content (AvgIpc) is 2.16. The van der Waals surface area contributed by atoms with Crippen molar-refractivity contribution in [2.24, 2.45) is 5.73 Å². The van der Waals surface area contributed by atoms with E-state index in [-0.39, 0.29) is 5.56 Å². The second kappa shape index (κ2) is 4.21. The molecule has 0 heterocycles. The standard InChI is InChI=1S/C10H13NO3/c1-6(12)9(11)7-4-2-3-5-8(7)10(13)14/h2-6,9,12H,11H2,1H3,(H,13,14)/t6?,9-/m1/s1. The number of nitrogens with two attached hydrogens (primary N) is 1. The van der Waals surface area contributed by atoms with E-state index in [9.17, 15) is 9.90 Å². The summed E-state index contributed by atoms with van der Waals surface area (Å²) in [5.41, 5.74) is 6.26. The van der Waals surface area contributed by atoms with Crippen molar-refractivity contribution in [3.05, 3.63) is 35.4 Å². The fraction of sp³-hybridized carbons (Fsp3) is 0.300. The van der Waals surface area contributed by atoms with Gasteiger partial charge in [-0.05, 0) is 18.6 Å².